The molecular formula is C14H9ClF3NO. The highest BCUT2D eigenvalue weighted by atomic mass is 35.5. The number of halogens is 4. The van der Waals surface area contributed by atoms with Crippen LogP contribution in [0.2, 0.25) is 5.02 Å². The third-order valence-corrected chi connectivity index (χ3v) is 3.17. The van der Waals surface area contributed by atoms with Crippen molar-refractivity contribution in [1.82, 2.24) is 0 Å². The van der Waals surface area contributed by atoms with Crippen molar-refractivity contribution in [3.05, 3.63) is 63.9 Å². The van der Waals surface area contributed by atoms with E-state index in [9.17, 15) is 18.0 Å². The van der Waals surface area contributed by atoms with Gasteiger partial charge in [0.1, 0.15) is 0 Å². The number of carbonyl (C=O) groups excluding carboxylic acids is 1. The van der Waals surface area contributed by atoms with Crippen LogP contribution in [0.4, 0.5) is 18.9 Å². The first-order valence-electron chi connectivity index (χ1n) is 5.61. The van der Waals surface area contributed by atoms with Gasteiger partial charge in [-0.25, -0.2) is 13.2 Å². The molecule has 0 radical (unpaired) electrons. The Morgan fingerprint density at radius 2 is 1.75 bits per heavy atom. The van der Waals surface area contributed by atoms with Crippen molar-refractivity contribution >= 4 is 23.2 Å². The van der Waals surface area contributed by atoms with Crippen LogP contribution in [0, 0.1) is 24.4 Å². The summed E-state index contributed by atoms with van der Waals surface area (Å²) in [6.07, 6.45) is 0. The van der Waals surface area contributed by atoms with E-state index in [1.807, 2.05) is 0 Å². The smallest absolute Gasteiger partial charge is 0.255 e. The zero-order valence-electron chi connectivity index (χ0n) is 10.3. The van der Waals surface area contributed by atoms with Crippen LogP contribution >= 0.6 is 11.6 Å². The quantitative estimate of drug-likeness (QED) is 0.822. The number of hydrogen-bond acceptors (Lipinski definition) is 1. The summed E-state index contributed by atoms with van der Waals surface area (Å²) in [7, 11) is 0. The number of anilines is 1. The van der Waals surface area contributed by atoms with Crippen molar-refractivity contribution in [2.24, 2.45) is 0 Å². The highest BCUT2D eigenvalue weighted by molar-refractivity contribution is 6.31. The monoisotopic (exact) mass is 299 g/mol. The first kappa shape index (κ1) is 14.4. The molecule has 0 heterocycles. The maximum Gasteiger partial charge on any atom is 0.255 e. The second-order valence-corrected chi connectivity index (χ2v) is 4.53. The molecule has 0 bridgehead atoms. The molecule has 0 fully saturated rings. The van der Waals surface area contributed by atoms with E-state index < -0.39 is 23.4 Å². The normalized spacial score (nSPS) is 10.4. The van der Waals surface area contributed by atoms with Crippen molar-refractivity contribution in [2.45, 2.75) is 6.92 Å². The minimum atomic E-state index is -1.61. The molecule has 2 aromatic carbocycles. The Morgan fingerprint density at radius 3 is 2.35 bits per heavy atom. The molecule has 0 spiro atoms. The van der Waals surface area contributed by atoms with Crippen LogP contribution in [0.5, 0.6) is 0 Å². The van der Waals surface area contributed by atoms with Gasteiger partial charge in [-0.05, 0) is 36.8 Å². The van der Waals surface area contributed by atoms with Gasteiger partial charge >= 0.3 is 0 Å². The molecule has 6 heteroatoms. The number of nitrogens with one attached hydrogen (secondary N) is 1. The lowest BCUT2D eigenvalue weighted by Crippen LogP contribution is -2.14. The molecule has 0 aliphatic carbocycles. The molecule has 20 heavy (non-hydrogen) atoms. The summed E-state index contributed by atoms with van der Waals surface area (Å²) in [5.41, 5.74) is 0.707. The van der Waals surface area contributed by atoms with Crippen molar-refractivity contribution in [3.63, 3.8) is 0 Å². The number of rotatable bonds is 2. The van der Waals surface area contributed by atoms with E-state index in [1.165, 1.54) is 0 Å². The van der Waals surface area contributed by atoms with E-state index in [0.717, 1.165) is 0 Å². The molecule has 2 nitrogen and oxygen atoms in total. The summed E-state index contributed by atoms with van der Waals surface area (Å²) in [4.78, 5) is 11.9. The molecule has 104 valence electrons. The van der Waals surface area contributed by atoms with Crippen LogP contribution in [-0.2, 0) is 0 Å². The van der Waals surface area contributed by atoms with E-state index in [4.69, 9.17) is 11.6 Å². The lowest BCUT2D eigenvalue weighted by atomic mass is 10.1. The summed E-state index contributed by atoms with van der Waals surface area (Å²) in [6, 6.07) is 6.12. The van der Waals surface area contributed by atoms with Crippen molar-refractivity contribution in [2.75, 3.05) is 5.32 Å². The summed E-state index contributed by atoms with van der Waals surface area (Å²) in [5, 5.41) is 2.91. The minimum absolute atomic E-state index is 0.319. The highest BCUT2D eigenvalue weighted by Crippen LogP contribution is 2.23. The topological polar surface area (TPSA) is 29.1 Å². The van der Waals surface area contributed by atoms with Gasteiger partial charge < -0.3 is 5.32 Å². The van der Waals surface area contributed by atoms with E-state index in [-0.39, 0.29) is 5.56 Å². The van der Waals surface area contributed by atoms with Crippen LogP contribution in [0.15, 0.2) is 30.3 Å². The van der Waals surface area contributed by atoms with Crippen LogP contribution < -0.4 is 5.32 Å². The van der Waals surface area contributed by atoms with Crippen LogP contribution in [0.3, 0.4) is 0 Å². The average Bonchev–Trinajstić information content (AvgIpc) is 2.40. The molecule has 0 saturated carbocycles. The van der Waals surface area contributed by atoms with E-state index in [0.29, 0.717) is 28.4 Å². The zero-order chi connectivity index (χ0) is 14.9. The van der Waals surface area contributed by atoms with Gasteiger partial charge in [0.15, 0.2) is 17.5 Å². The Kier molecular flexibility index (Phi) is 3.99. The van der Waals surface area contributed by atoms with Crippen LogP contribution in [0.25, 0.3) is 0 Å². The lowest BCUT2D eigenvalue weighted by molar-refractivity contribution is 0.102. The van der Waals surface area contributed by atoms with Crippen molar-refractivity contribution in [3.8, 4) is 0 Å². The first-order valence-corrected chi connectivity index (χ1v) is 5.99. The third-order valence-electron chi connectivity index (χ3n) is 2.76. The minimum Gasteiger partial charge on any atom is -0.322 e. The second-order valence-electron chi connectivity index (χ2n) is 4.12. The van der Waals surface area contributed by atoms with Crippen molar-refractivity contribution in [1.29, 1.82) is 0 Å². The molecule has 0 atom stereocenters. The fraction of sp³-hybridized carbons (Fsp3) is 0.0714. The Labute approximate surface area is 118 Å². The Bertz CT molecular complexity index is 665. The number of hydrogen-bond donors (Lipinski definition) is 1. The van der Waals surface area contributed by atoms with Crippen LogP contribution in [-0.4, -0.2) is 5.91 Å². The highest BCUT2D eigenvalue weighted by Gasteiger charge is 2.16. The third kappa shape index (κ3) is 2.77. The summed E-state index contributed by atoms with van der Waals surface area (Å²) < 4.78 is 39.0. The molecule has 0 aliphatic rings. The summed E-state index contributed by atoms with van der Waals surface area (Å²) in [5.74, 6) is -5.20. The largest absolute Gasteiger partial charge is 0.322 e. The molecule has 1 amide bonds. The Morgan fingerprint density at radius 1 is 1.15 bits per heavy atom. The van der Waals surface area contributed by atoms with Gasteiger partial charge in [-0.3, -0.25) is 4.79 Å². The molecule has 0 unspecified atom stereocenters. The molecule has 0 aliphatic heterocycles. The van der Waals surface area contributed by atoms with E-state index in [2.05, 4.69) is 5.32 Å². The molecule has 2 aromatic rings. The SMILES string of the molecule is Cc1c(Cl)cccc1NC(=O)c1cc(F)c(F)c(F)c1. The fourth-order valence-corrected chi connectivity index (χ4v) is 1.80. The number of benzene rings is 2. The zero-order valence-corrected chi connectivity index (χ0v) is 11.1. The van der Waals surface area contributed by atoms with Gasteiger partial charge in [-0.1, -0.05) is 17.7 Å². The molecule has 0 saturated heterocycles. The molecule has 0 aromatic heterocycles. The number of carbonyl (C=O) groups is 1. The predicted octanol–water partition coefficient (Wildman–Crippen LogP) is 4.32. The van der Waals surface area contributed by atoms with E-state index in [1.54, 1.807) is 25.1 Å². The lowest BCUT2D eigenvalue weighted by Gasteiger charge is -2.10. The maximum absolute atomic E-state index is 13.1. The molecular weight excluding hydrogens is 291 g/mol. The first-order chi connectivity index (χ1) is 9.40. The van der Waals surface area contributed by atoms with Gasteiger partial charge in [-0.2, -0.15) is 0 Å². The van der Waals surface area contributed by atoms with Gasteiger partial charge in [0.2, 0.25) is 0 Å². The van der Waals surface area contributed by atoms with Gasteiger partial charge in [0.25, 0.3) is 5.91 Å². The Hall–Kier alpha value is -2.01. The maximum atomic E-state index is 13.1. The fourth-order valence-electron chi connectivity index (χ4n) is 1.62. The van der Waals surface area contributed by atoms with Gasteiger partial charge in [-0.15, -0.1) is 0 Å². The number of amides is 1. The van der Waals surface area contributed by atoms with Gasteiger partial charge in [0, 0.05) is 16.3 Å². The summed E-state index contributed by atoms with van der Waals surface area (Å²) >= 11 is 5.89. The van der Waals surface area contributed by atoms with Crippen molar-refractivity contribution < 1.29 is 18.0 Å². The predicted molar refractivity (Wildman–Crippen MR) is 70.5 cm³/mol. The standard InChI is InChI=1S/C14H9ClF3NO/c1-7-9(15)3-2-4-12(7)19-14(20)8-5-10(16)13(18)11(17)6-8/h2-6H,1H3,(H,19,20). The van der Waals surface area contributed by atoms with Gasteiger partial charge in [0.05, 0.1) is 0 Å². The van der Waals surface area contributed by atoms with Crippen LogP contribution in [0.1, 0.15) is 15.9 Å². The average molecular weight is 300 g/mol. The molecule has 1 N–H and O–H groups in total. The second kappa shape index (κ2) is 5.54. The van der Waals surface area contributed by atoms with E-state index >= 15 is 0 Å². The Balaban J connectivity index is 2.31. The summed E-state index contributed by atoms with van der Waals surface area (Å²) in [6.45, 7) is 1.68. The molecule has 2 rings (SSSR count).